The number of nitrogens with zero attached hydrogens (tertiary/aromatic N) is 2. The molecule has 1 saturated heterocycles. The molecule has 1 heterocycles. The van der Waals surface area contributed by atoms with Gasteiger partial charge < -0.3 is 14.4 Å². The van der Waals surface area contributed by atoms with Crippen LogP contribution in [0.15, 0.2) is 48.2 Å². The fourth-order valence-corrected chi connectivity index (χ4v) is 3.28. The van der Waals surface area contributed by atoms with E-state index in [9.17, 15) is 4.79 Å². The van der Waals surface area contributed by atoms with Gasteiger partial charge in [-0.05, 0) is 79.7 Å². The number of aryl methyl sites for hydroxylation is 1. The van der Waals surface area contributed by atoms with Crippen LogP contribution in [0.4, 0.5) is 5.69 Å². The van der Waals surface area contributed by atoms with Gasteiger partial charge in [-0.2, -0.15) is 0 Å². The molecule has 1 aliphatic heterocycles. The molecule has 2 aromatic rings. The Morgan fingerprint density at radius 3 is 2.44 bits per heavy atom. The average Bonchev–Trinajstić information content (AvgIpc) is 2.86. The summed E-state index contributed by atoms with van der Waals surface area (Å²) in [6, 6.07) is 13.1. The Bertz CT molecular complexity index is 906. The maximum atomic E-state index is 13.0. The highest BCUT2D eigenvalue weighted by atomic mass is 32.1. The van der Waals surface area contributed by atoms with Crippen LogP contribution in [0, 0.1) is 6.92 Å². The Morgan fingerprint density at radius 2 is 1.85 bits per heavy atom. The molecule has 0 aromatic heterocycles. The molecule has 0 saturated carbocycles. The molecule has 0 radical (unpaired) electrons. The van der Waals surface area contributed by atoms with E-state index in [1.807, 2.05) is 62.4 Å². The number of likely N-dealkylation sites (N-methyl/N-ethyl adjacent to an activating group) is 1. The molecule has 0 spiro atoms. The highest BCUT2D eigenvalue weighted by Crippen LogP contribution is 2.30. The molecule has 27 heavy (non-hydrogen) atoms. The summed E-state index contributed by atoms with van der Waals surface area (Å²) in [5, 5.41) is 0.445. The minimum atomic E-state index is -0.153. The molecule has 1 amide bonds. The van der Waals surface area contributed by atoms with Gasteiger partial charge >= 0.3 is 0 Å². The Hall–Kier alpha value is -2.86. The predicted molar refractivity (Wildman–Crippen MR) is 111 cm³/mol. The Morgan fingerprint density at radius 1 is 1.15 bits per heavy atom. The van der Waals surface area contributed by atoms with Gasteiger partial charge in [0.05, 0.1) is 19.4 Å². The number of amides is 1. The summed E-state index contributed by atoms with van der Waals surface area (Å²) in [5.74, 6) is 1.42. The molecular formula is C21H22N2O3S. The lowest BCUT2D eigenvalue weighted by Crippen LogP contribution is -2.31. The van der Waals surface area contributed by atoms with E-state index in [1.54, 1.807) is 19.1 Å². The van der Waals surface area contributed by atoms with E-state index >= 15 is 0 Å². The Kier molecular flexibility index (Phi) is 5.46. The van der Waals surface area contributed by atoms with E-state index in [0.29, 0.717) is 17.4 Å². The van der Waals surface area contributed by atoms with Crippen molar-refractivity contribution >= 4 is 35.0 Å². The van der Waals surface area contributed by atoms with E-state index in [-0.39, 0.29) is 5.91 Å². The quantitative estimate of drug-likeness (QED) is 0.577. The number of carbonyl (C=O) groups excluding carboxylic acids is 1. The molecule has 3 rings (SSSR count). The van der Waals surface area contributed by atoms with Gasteiger partial charge in [0.1, 0.15) is 17.2 Å². The molecule has 0 aliphatic carbocycles. The number of thiocarbonyl (C=S) groups is 1. The molecule has 0 unspecified atom stereocenters. The largest absolute Gasteiger partial charge is 0.496 e. The van der Waals surface area contributed by atoms with Crippen molar-refractivity contribution in [2.75, 3.05) is 25.7 Å². The third kappa shape index (κ3) is 3.66. The van der Waals surface area contributed by atoms with Crippen molar-refractivity contribution < 1.29 is 14.3 Å². The van der Waals surface area contributed by atoms with Gasteiger partial charge in [0, 0.05) is 7.05 Å². The van der Waals surface area contributed by atoms with Gasteiger partial charge in [-0.15, -0.1) is 0 Å². The first kappa shape index (κ1) is 18.9. The van der Waals surface area contributed by atoms with Crippen molar-refractivity contribution in [3.05, 3.63) is 59.3 Å². The van der Waals surface area contributed by atoms with Crippen LogP contribution < -0.4 is 14.4 Å². The van der Waals surface area contributed by atoms with Crippen molar-refractivity contribution in [1.82, 2.24) is 4.90 Å². The second kappa shape index (κ2) is 7.80. The van der Waals surface area contributed by atoms with Crippen molar-refractivity contribution in [1.29, 1.82) is 0 Å². The monoisotopic (exact) mass is 382 g/mol. The summed E-state index contributed by atoms with van der Waals surface area (Å²) in [4.78, 5) is 16.3. The minimum Gasteiger partial charge on any atom is -0.496 e. The molecule has 1 aliphatic rings. The molecule has 2 aromatic carbocycles. The third-order valence-corrected chi connectivity index (χ3v) is 4.85. The van der Waals surface area contributed by atoms with E-state index in [4.69, 9.17) is 21.7 Å². The van der Waals surface area contributed by atoms with Gasteiger partial charge in [-0.1, -0.05) is 6.07 Å². The maximum absolute atomic E-state index is 13.0. The summed E-state index contributed by atoms with van der Waals surface area (Å²) in [7, 11) is 3.44. The van der Waals surface area contributed by atoms with Crippen LogP contribution >= 0.6 is 12.2 Å². The van der Waals surface area contributed by atoms with Crippen LogP contribution in [0.3, 0.4) is 0 Å². The molecular weight excluding hydrogens is 360 g/mol. The zero-order chi connectivity index (χ0) is 19.6. The third-order valence-electron chi connectivity index (χ3n) is 4.39. The first-order chi connectivity index (χ1) is 13.0. The number of methoxy groups -OCH3 is 1. The molecule has 0 bridgehead atoms. The maximum Gasteiger partial charge on any atom is 0.281 e. The zero-order valence-corrected chi connectivity index (χ0v) is 16.7. The fraction of sp³-hybridized carbons (Fsp3) is 0.238. The van der Waals surface area contributed by atoms with Crippen molar-refractivity contribution in [2.45, 2.75) is 13.8 Å². The lowest BCUT2D eigenvalue weighted by molar-refractivity contribution is -0.114. The van der Waals surface area contributed by atoms with Crippen LogP contribution in [0.1, 0.15) is 18.1 Å². The second-order valence-corrected chi connectivity index (χ2v) is 6.53. The topological polar surface area (TPSA) is 42.0 Å². The predicted octanol–water partition coefficient (Wildman–Crippen LogP) is 4.01. The van der Waals surface area contributed by atoms with E-state index in [0.717, 1.165) is 28.3 Å². The van der Waals surface area contributed by atoms with Crippen molar-refractivity contribution in [2.24, 2.45) is 0 Å². The highest BCUT2D eigenvalue weighted by molar-refractivity contribution is 7.80. The number of rotatable bonds is 5. The van der Waals surface area contributed by atoms with Crippen LogP contribution in [0.25, 0.3) is 6.08 Å². The van der Waals surface area contributed by atoms with Crippen LogP contribution in [0.5, 0.6) is 11.5 Å². The number of anilines is 1. The normalized spacial score (nSPS) is 15.6. The van der Waals surface area contributed by atoms with Gasteiger partial charge in [0.2, 0.25) is 0 Å². The second-order valence-electron chi connectivity index (χ2n) is 6.17. The molecule has 0 atom stereocenters. The lowest BCUT2D eigenvalue weighted by Gasteiger charge is -2.16. The summed E-state index contributed by atoms with van der Waals surface area (Å²) < 4.78 is 10.8. The number of carbonyl (C=O) groups is 1. The smallest absolute Gasteiger partial charge is 0.281 e. The molecule has 5 nitrogen and oxygen atoms in total. The van der Waals surface area contributed by atoms with Gasteiger partial charge in [-0.3, -0.25) is 9.69 Å². The van der Waals surface area contributed by atoms with E-state index in [2.05, 4.69) is 0 Å². The first-order valence-corrected chi connectivity index (χ1v) is 9.08. The lowest BCUT2D eigenvalue weighted by atomic mass is 10.1. The molecule has 140 valence electrons. The SMILES string of the molecule is CCOc1ccc(N2C(=O)/C(=C/c3ccc(OC)c(C)c3)N(C)C2=S)cc1. The van der Waals surface area contributed by atoms with E-state index in [1.165, 1.54) is 4.90 Å². The van der Waals surface area contributed by atoms with Crippen molar-refractivity contribution in [3.63, 3.8) is 0 Å². The summed E-state index contributed by atoms with van der Waals surface area (Å²) >= 11 is 5.50. The zero-order valence-electron chi connectivity index (χ0n) is 15.9. The fourth-order valence-electron chi connectivity index (χ4n) is 2.99. The molecule has 6 heteroatoms. The van der Waals surface area contributed by atoms with Gasteiger partial charge in [-0.25, -0.2) is 0 Å². The van der Waals surface area contributed by atoms with Crippen molar-refractivity contribution in [3.8, 4) is 11.5 Å². The van der Waals surface area contributed by atoms with E-state index < -0.39 is 0 Å². The number of benzene rings is 2. The molecule has 1 fully saturated rings. The summed E-state index contributed by atoms with van der Waals surface area (Å²) in [6.45, 7) is 4.50. The Balaban J connectivity index is 1.91. The summed E-state index contributed by atoms with van der Waals surface area (Å²) in [5.41, 5.74) is 3.17. The van der Waals surface area contributed by atoms with Crippen LogP contribution in [-0.4, -0.2) is 36.7 Å². The number of hydrogen-bond acceptors (Lipinski definition) is 4. The minimum absolute atomic E-state index is 0.153. The summed E-state index contributed by atoms with van der Waals surface area (Å²) in [6.07, 6.45) is 1.84. The van der Waals surface area contributed by atoms with Gasteiger partial charge in [0.25, 0.3) is 5.91 Å². The first-order valence-electron chi connectivity index (χ1n) is 8.67. The van der Waals surface area contributed by atoms with Crippen LogP contribution in [-0.2, 0) is 4.79 Å². The number of hydrogen-bond donors (Lipinski definition) is 0. The Labute approximate surface area is 164 Å². The van der Waals surface area contributed by atoms with Gasteiger partial charge in [0.15, 0.2) is 5.11 Å². The highest BCUT2D eigenvalue weighted by Gasteiger charge is 2.36. The average molecular weight is 382 g/mol. The number of ether oxygens (including phenoxy) is 2. The molecule has 0 N–H and O–H groups in total. The standard InChI is InChI=1S/C21H22N2O3S/c1-5-26-17-9-7-16(8-10-17)23-20(24)18(22(3)21(23)27)13-15-6-11-19(25-4)14(2)12-15/h6-13H,5H2,1-4H3/b18-13-. The van der Waals surface area contributed by atoms with Crippen LogP contribution in [0.2, 0.25) is 0 Å².